The predicted molar refractivity (Wildman–Crippen MR) is 118 cm³/mol. The van der Waals surface area contributed by atoms with Crippen molar-refractivity contribution in [3.05, 3.63) is 77.4 Å². The minimum absolute atomic E-state index is 0.0501. The third-order valence-corrected chi connectivity index (χ3v) is 4.89. The van der Waals surface area contributed by atoms with Crippen LogP contribution in [-0.4, -0.2) is 12.1 Å². The Morgan fingerprint density at radius 1 is 0.862 bits per heavy atom. The van der Waals surface area contributed by atoms with Crippen LogP contribution >= 0.6 is 0 Å². The minimum Gasteiger partial charge on any atom is -0.459 e. The second-order valence-corrected chi connectivity index (χ2v) is 7.84. The zero-order valence-corrected chi connectivity index (χ0v) is 17.7. The fourth-order valence-electron chi connectivity index (χ4n) is 3.33. The van der Waals surface area contributed by atoms with Crippen LogP contribution in [0.25, 0.3) is 5.57 Å². The molecule has 2 rings (SSSR count). The summed E-state index contributed by atoms with van der Waals surface area (Å²) in [5.41, 5.74) is 2.32. The molecule has 0 aliphatic rings. The van der Waals surface area contributed by atoms with Gasteiger partial charge in [0.25, 0.3) is 0 Å². The summed E-state index contributed by atoms with van der Waals surface area (Å²) < 4.78 is 5.64. The first-order valence-corrected chi connectivity index (χ1v) is 10.5. The van der Waals surface area contributed by atoms with Crippen molar-refractivity contribution >= 4 is 11.5 Å². The van der Waals surface area contributed by atoms with Crippen LogP contribution in [0.5, 0.6) is 0 Å². The number of carbonyl (C=O) groups excluding carboxylic acids is 1. The number of carbonyl (C=O) groups is 1. The molecule has 1 atom stereocenters. The van der Waals surface area contributed by atoms with E-state index in [4.69, 9.17) is 4.74 Å². The van der Waals surface area contributed by atoms with Gasteiger partial charge in [0.15, 0.2) is 0 Å². The number of unbranched alkanes of at least 4 members (excludes halogenated alkanes) is 2. The third kappa shape index (κ3) is 7.23. The average Bonchev–Trinajstić information content (AvgIpc) is 2.72. The lowest BCUT2D eigenvalue weighted by Gasteiger charge is -2.15. The number of nitriles is 1. The maximum absolute atomic E-state index is 12.8. The van der Waals surface area contributed by atoms with Crippen molar-refractivity contribution in [2.75, 3.05) is 0 Å². The normalized spacial score (nSPS) is 11.6. The Morgan fingerprint density at radius 2 is 1.38 bits per heavy atom. The molecule has 0 radical (unpaired) electrons. The molecule has 29 heavy (non-hydrogen) atoms. The molecule has 1 unspecified atom stereocenters. The molecule has 152 valence electrons. The van der Waals surface area contributed by atoms with Crippen molar-refractivity contribution in [3.8, 4) is 6.07 Å². The molecule has 0 amide bonds. The fourth-order valence-corrected chi connectivity index (χ4v) is 3.33. The number of hydrogen-bond donors (Lipinski definition) is 0. The Bertz CT molecular complexity index is 791. The SMILES string of the molecule is CC(C)CCCCCC(C)OC(=O)C(C#N)=C(c1ccccc1)c1ccccc1. The van der Waals surface area contributed by atoms with E-state index >= 15 is 0 Å². The number of rotatable bonds is 10. The van der Waals surface area contributed by atoms with Crippen molar-refractivity contribution in [1.82, 2.24) is 0 Å². The van der Waals surface area contributed by atoms with Crippen LogP contribution < -0.4 is 0 Å². The highest BCUT2D eigenvalue weighted by molar-refractivity contribution is 6.05. The van der Waals surface area contributed by atoms with Crippen LogP contribution in [0.15, 0.2) is 66.2 Å². The summed E-state index contributed by atoms with van der Waals surface area (Å²) in [7, 11) is 0. The summed E-state index contributed by atoms with van der Waals surface area (Å²) in [4.78, 5) is 12.8. The van der Waals surface area contributed by atoms with Gasteiger partial charge in [-0.25, -0.2) is 4.79 Å². The molecular weight excluding hydrogens is 358 g/mol. The lowest BCUT2D eigenvalue weighted by atomic mass is 9.93. The summed E-state index contributed by atoms with van der Waals surface area (Å²) >= 11 is 0. The predicted octanol–water partition coefficient (Wildman–Crippen LogP) is 6.55. The largest absolute Gasteiger partial charge is 0.459 e. The first-order chi connectivity index (χ1) is 14.0. The molecule has 0 fully saturated rings. The first kappa shape index (κ1) is 22.4. The molecule has 0 aromatic heterocycles. The molecule has 0 saturated heterocycles. The Morgan fingerprint density at radius 3 is 1.86 bits per heavy atom. The van der Waals surface area contributed by atoms with Crippen LogP contribution in [0.1, 0.15) is 64.0 Å². The Balaban J connectivity index is 2.15. The monoisotopic (exact) mass is 389 g/mol. The van der Waals surface area contributed by atoms with E-state index in [9.17, 15) is 10.1 Å². The van der Waals surface area contributed by atoms with Gasteiger partial charge in [-0.3, -0.25) is 0 Å². The van der Waals surface area contributed by atoms with Crippen molar-refractivity contribution in [1.29, 1.82) is 5.26 Å². The third-order valence-electron chi connectivity index (χ3n) is 4.89. The van der Waals surface area contributed by atoms with Gasteiger partial charge in [-0.15, -0.1) is 0 Å². The van der Waals surface area contributed by atoms with Crippen molar-refractivity contribution in [2.45, 2.75) is 59.0 Å². The molecule has 3 heteroatoms. The summed E-state index contributed by atoms with van der Waals surface area (Å²) in [5.74, 6) is 0.174. The van der Waals surface area contributed by atoms with Crippen LogP contribution in [0.3, 0.4) is 0 Å². The average molecular weight is 390 g/mol. The highest BCUT2D eigenvalue weighted by Crippen LogP contribution is 2.28. The van der Waals surface area contributed by atoms with E-state index in [1.807, 2.05) is 67.6 Å². The fraction of sp³-hybridized carbons (Fsp3) is 0.385. The van der Waals surface area contributed by atoms with E-state index < -0.39 is 5.97 Å². The van der Waals surface area contributed by atoms with Gasteiger partial charge in [0.2, 0.25) is 0 Å². The summed E-state index contributed by atoms with van der Waals surface area (Å²) in [6, 6.07) is 21.2. The van der Waals surface area contributed by atoms with E-state index in [2.05, 4.69) is 19.9 Å². The number of hydrogen-bond acceptors (Lipinski definition) is 3. The Labute approximate surface area is 175 Å². The van der Waals surface area contributed by atoms with Gasteiger partial charge >= 0.3 is 5.97 Å². The van der Waals surface area contributed by atoms with Crippen molar-refractivity contribution in [3.63, 3.8) is 0 Å². The van der Waals surface area contributed by atoms with Gasteiger partial charge in [0.1, 0.15) is 11.6 Å². The molecule has 0 bridgehead atoms. The van der Waals surface area contributed by atoms with Crippen LogP contribution in [0.2, 0.25) is 0 Å². The summed E-state index contributed by atoms with van der Waals surface area (Å²) in [6.07, 6.45) is 5.20. The van der Waals surface area contributed by atoms with E-state index in [-0.39, 0.29) is 11.7 Å². The molecule has 0 saturated carbocycles. The number of esters is 1. The van der Waals surface area contributed by atoms with Gasteiger partial charge in [0, 0.05) is 5.57 Å². The Kier molecular flexibility index (Phi) is 9.18. The number of ether oxygens (including phenoxy) is 1. The topological polar surface area (TPSA) is 50.1 Å². The molecule has 0 aliphatic carbocycles. The van der Waals surface area contributed by atoms with Gasteiger partial charge < -0.3 is 4.74 Å². The summed E-state index contributed by atoms with van der Waals surface area (Å²) in [5, 5.41) is 9.79. The molecule has 0 aliphatic heterocycles. The van der Waals surface area contributed by atoms with E-state index in [1.54, 1.807) is 0 Å². The second kappa shape index (κ2) is 11.9. The van der Waals surface area contributed by atoms with Crippen LogP contribution in [0.4, 0.5) is 0 Å². The lowest BCUT2D eigenvalue weighted by Crippen LogP contribution is -2.17. The van der Waals surface area contributed by atoms with Gasteiger partial charge in [-0.2, -0.15) is 5.26 Å². The summed E-state index contributed by atoms with van der Waals surface area (Å²) in [6.45, 7) is 6.37. The molecule has 2 aromatic carbocycles. The standard InChI is InChI=1S/C26H31NO2/c1-20(2)13-7-4-8-14-21(3)29-26(28)24(19-27)25(22-15-9-5-10-16-22)23-17-11-6-12-18-23/h5-6,9-12,15-18,20-21H,4,7-8,13-14H2,1-3H3. The van der Waals surface area contributed by atoms with Crippen LogP contribution in [-0.2, 0) is 9.53 Å². The van der Waals surface area contributed by atoms with Crippen molar-refractivity contribution < 1.29 is 9.53 Å². The maximum Gasteiger partial charge on any atom is 0.349 e. The molecule has 0 heterocycles. The molecule has 2 aromatic rings. The van der Waals surface area contributed by atoms with Gasteiger partial charge in [-0.1, -0.05) is 93.8 Å². The minimum atomic E-state index is -0.551. The molecule has 0 N–H and O–H groups in total. The van der Waals surface area contributed by atoms with Gasteiger partial charge in [0.05, 0.1) is 6.10 Å². The lowest BCUT2D eigenvalue weighted by molar-refractivity contribution is -0.143. The highest BCUT2D eigenvalue weighted by Gasteiger charge is 2.21. The second-order valence-electron chi connectivity index (χ2n) is 7.84. The van der Waals surface area contributed by atoms with Gasteiger partial charge in [-0.05, 0) is 36.8 Å². The van der Waals surface area contributed by atoms with E-state index in [0.29, 0.717) is 5.57 Å². The van der Waals surface area contributed by atoms with Crippen molar-refractivity contribution in [2.24, 2.45) is 5.92 Å². The van der Waals surface area contributed by atoms with E-state index in [1.165, 1.54) is 12.8 Å². The highest BCUT2D eigenvalue weighted by atomic mass is 16.5. The zero-order chi connectivity index (χ0) is 21.1. The van der Waals surface area contributed by atoms with Crippen LogP contribution in [0, 0.1) is 17.2 Å². The zero-order valence-electron chi connectivity index (χ0n) is 17.7. The maximum atomic E-state index is 12.8. The smallest absolute Gasteiger partial charge is 0.349 e. The molecule has 3 nitrogen and oxygen atoms in total. The number of benzene rings is 2. The molecular formula is C26H31NO2. The Hall–Kier alpha value is -2.86. The van der Waals surface area contributed by atoms with E-state index in [0.717, 1.165) is 36.3 Å². The molecule has 0 spiro atoms. The number of nitrogens with zero attached hydrogens (tertiary/aromatic N) is 1. The first-order valence-electron chi connectivity index (χ1n) is 10.5. The quantitative estimate of drug-likeness (QED) is 0.200.